The van der Waals surface area contributed by atoms with Crippen molar-refractivity contribution >= 4 is 11.9 Å². The number of pyridine rings is 1. The molecule has 1 aliphatic heterocycles. The van der Waals surface area contributed by atoms with Crippen molar-refractivity contribution in [2.75, 3.05) is 0 Å². The Labute approximate surface area is 115 Å². The van der Waals surface area contributed by atoms with Crippen molar-refractivity contribution in [3.05, 3.63) is 35.8 Å². The van der Waals surface area contributed by atoms with E-state index in [-0.39, 0.29) is 0 Å². The molecule has 1 saturated carbocycles. The molecule has 0 radical (unpaired) electrons. The molecule has 2 aromatic heterocycles. The predicted molar refractivity (Wildman–Crippen MR) is 71.9 cm³/mol. The van der Waals surface area contributed by atoms with E-state index >= 15 is 0 Å². The summed E-state index contributed by atoms with van der Waals surface area (Å²) in [6, 6.07) is 3.96. The van der Waals surface area contributed by atoms with Crippen molar-refractivity contribution in [3.63, 3.8) is 0 Å². The normalized spacial score (nSPS) is 17.5. The standard InChI is InChI=1S/C13H14N4OS/c1-2-10(1)18-13-4-3-11(6-15-13)19-17-8-9-5-14-7-12(9)16-17/h3-4,6,8,10,14H,1-2,5,7H2. The zero-order chi connectivity index (χ0) is 12.7. The highest BCUT2D eigenvalue weighted by Crippen LogP contribution is 2.27. The van der Waals surface area contributed by atoms with Gasteiger partial charge < -0.3 is 10.1 Å². The number of rotatable bonds is 4. The van der Waals surface area contributed by atoms with E-state index < -0.39 is 0 Å². The van der Waals surface area contributed by atoms with Gasteiger partial charge in [-0.2, -0.15) is 5.10 Å². The maximum atomic E-state index is 5.63. The molecule has 4 rings (SSSR count). The first-order valence-corrected chi connectivity index (χ1v) is 7.23. The van der Waals surface area contributed by atoms with Crippen LogP contribution in [-0.4, -0.2) is 20.3 Å². The van der Waals surface area contributed by atoms with Crippen LogP contribution in [0.25, 0.3) is 0 Å². The molecule has 3 heterocycles. The van der Waals surface area contributed by atoms with Gasteiger partial charge in [-0.25, -0.2) is 9.07 Å². The molecule has 98 valence electrons. The van der Waals surface area contributed by atoms with Crippen LogP contribution in [0, 0.1) is 0 Å². The smallest absolute Gasteiger partial charge is 0.213 e. The van der Waals surface area contributed by atoms with Crippen LogP contribution in [0.2, 0.25) is 0 Å². The highest BCUT2D eigenvalue weighted by molar-refractivity contribution is 7.97. The van der Waals surface area contributed by atoms with E-state index in [1.807, 2.05) is 22.4 Å². The summed E-state index contributed by atoms with van der Waals surface area (Å²) in [6.07, 6.45) is 6.63. The lowest BCUT2D eigenvalue weighted by Crippen LogP contribution is -2.03. The summed E-state index contributed by atoms with van der Waals surface area (Å²) in [6.45, 7) is 1.79. The van der Waals surface area contributed by atoms with E-state index in [1.54, 1.807) is 11.9 Å². The lowest BCUT2D eigenvalue weighted by molar-refractivity contribution is 0.290. The minimum absolute atomic E-state index is 0.396. The van der Waals surface area contributed by atoms with Gasteiger partial charge in [-0.05, 0) is 18.9 Å². The zero-order valence-electron chi connectivity index (χ0n) is 10.4. The Hall–Kier alpha value is -1.53. The molecule has 6 heteroatoms. The quantitative estimate of drug-likeness (QED) is 0.924. The molecular weight excluding hydrogens is 260 g/mol. The molecule has 0 atom stereocenters. The van der Waals surface area contributed by atoms with E-state index in [4.69, 9.17) is 4.74 Å². The lowest BCUT2D eigenvalue weighted by atomic mass is 10.3. The maximum absolute atomic E-state index is 5.63. The Morgan fingerprint density at radius 2 is 2.26 bits per heavy atom. The number of ether oxygens (including phenoxy) is 1. The molecule has 1 N–H and O–H groups in total. The summed E-state index contributed by atoms with van der Waals surface area (Å²) in [5, 5.41) is 7.80. The zero-order valence-corrected chi connectivity index (χ0v) is 11.2. The fourth-order valence-electron chi connectivity index (χ4n) is 2.03. The fourth-order valence-corrected chi connectivity index (χ4v) is 2.80. The van der Waals surface area contributed by atoms with Crippen molar-refractivity contribution in [1.82, 2.24) is 19.5 Å². The second-order valence-corrected chi connectivity index (χ2v) is 5.88. The van der Waals surface area contributed by atoms with Crippen LogP contribution >= 0.6 is 11.9 Å². The topological polar surface area (TPSA) is 52.0 Å². The summed E-state index contributed by atoms with van der Waals surface area (Å²) in [7, 11) is 0. The Kier molecular flexibility index (Phi) is 2.70. The number of nitrogens with zero attached hydrogens (tertiary/aromatic N) is 3. The summed E-state index contributed by atoms with van der Waals surface area (Å²) in [5.41, 5.74) is 2.43. The van der Waals surface area contributed by atoms with Gasteiger partial charge in [0.25, 0.3) is 0 Å². The minimum atomic E-state index is 0.396. The van der Waals surface area contributed by atoms with Gasteiger partial charge in [0, 0.05) is 54.0 Å². The summed E-state index contributed by atoms with van der Waals surface area (Å²) in [4.78, 5) is 5.39. The molecule has 5 nitrogen and oxygen atoms in total. The van der Waals surface area contributed by atoms with Crippen LogP contribution in [0.5, 0.6) is 5.88 Å². The molecule has 1 aliphatic carbocycles. The average Bonchev–Trinajstić information content (AvgIpc) is 2.97. The third-order valence-electron chi connectivity index (χ3n) is 3.18. The van der Waals surface area contributed by atoms with Crippen molar-refractivity contribution < 1.29 is 4.74 Å². The van der Waals surface area contributed by atoms with Gasteiger partial charge in [-0.3, -0.25) is 0 Å². The third kappa shape index (κ3) is 2.46. The molecule has 0 spiro atoms. The van der Waals surface area contributed by atoms with E-state index in [0.29, 0.717) is 6.10 Å². The van der Waals surface area contributed by atoms with Crippen LogP contribution in [0.3, 0.4) is 0 Å². The van der Waals surface area contributed by atoms with Gasteiger partial charge in [-0.15, -0.1) is 0 Å². The van der Waals surface area contributed by atoms with E-state index in [1.165, 1.54) is 5.56 Å². The first-order valence-electron chi connectivity index (χ1n) is 6.46. The van der Waals surface area contributed by atoms with Gasteiger partial charge in [0.2, 0.25) is 5.88 Å². The Morgan fingerprint density at radius 3 is 3.00 bits per heavy atom. The molecule has 0 unspecified atom stereocenters. The first-order chi connectivity index (χ1) is 9.37. The average molecular weight is 274 g/mol. The van der Waals surface area contributed by atoms with Crippen molar-refractivity contribution in [2.24, 2.45) is 0 Å². The van der Waals surface area contributed by atoms with Crippen LogP contribution in [0.4, 0.5) is 0 Å². The highest BCUT2D eigenvalue weighted by atomic mass is 32.2. The number of hydrogen-bond acceptors (Lipinski definition) is 5. The molecule has 0 bridgehead atoms. The van der Waals surface area contributed by atoms with Gasteiger partial charge in [-0.1, -0.05) is 0 Å². The molecule has 2 aromatic rings. The highest BCUT2D eigenvalue weighted by Gasteiger charge is 2.23. The first kappa shape index (κ1) is 11.3. The van der Waals surface area contributed by atoms with Crippen LogP contribution in [0.15, 0.2) is 29.4 Å². The monoisotopic (exact) mass is 274 g/mol. The lowest BCUT2D eigenvalue weighted by Gasteiger charge is -2.04. The van der Waals surface area contributed by atoms with Crippen molar-refractivity contribution in [3.8, 4) is 5.88 Å². The fraction of sp³-hybridized carbons (Fsp3) is 0.385. The van der Waals surface area contributed by atoms with Crippen molar-refractivity contribution in [2.45, 2.75) is 36.9 Å². The summed E-state index contributed by atoms with van der Waals surface area (Å²) in [5.74, 6) is 0.721. The number of fused-ring (bicyclic) bond motifs is 1. The second kappa shape index (κ2) is 4.54. The Balaban J connectivity index is 1.46. The van der Waals surface area contributed by atoms with Gasteiger partial charge in [0.05, 0.1) is 5.69 Å². The Morgan fingerprint density at radius 1 is 1.32 bits per heavy atom. The number of hydrogen-bond donors (Lipinski definition) is 1. The predicted octanol–water partition coefficient (Wildman–Crippen LogP) is 1.98. The minimum Gasteiger partial charge on any atom is -0.474 e. The van der Waals surface area contributed by atoms with Crippen LogP contribution in [-0.2, 0) is 13.1 Å². The summed E-state index contributed by atoms with van der Waals surface area (Å²) >= 11 is 1.57. The third-order valence-corrected chi connectivity index (χ3v) is 4.01. The van der Waals surface area contributed by atoms with Gasteiger partial charge >= 0.3 is 0 Å². The molecular formula is C13H14N4OS. The van der Waals surface area contributed by atoms with Crippen LogP contribution in [0.1, 0.15) is 24.1 Å². The second-order valence-electron chi connectivity index (χ2n) is 4.85. The van der Waals surface area contributed by atoms with Crippen LogP contribution < -0.4 is 10.1 Å². The maximum Gasteiger partial charge on any atom is 0.213 e. The van der Waals surface area contributed by atoms with E-state index in [0.717, 1.165) is 42.4 Å². The molecule has 19 heavy (non-hydrogen) atoms. The van der Waals surface area contributed by atoms with Gasteiger partial charge in [0.1, 0.15) is 6.10 Å². The SMILES string of the molecule is c1cc(OC2CC2)ncc1Sn1cc2c(n1)CNC2. The van der Waals surface area contributed by atoms with Gasteiger partial charge in [0.15, 0.2) is 0 Å². The largest absolute Gasteiger partial charge is 0.474 e. The molecule has 0 aromatic carbocycles. The number of aromatic nitrogens is 3. The van der Waals surface area contributed by atoms with Crippen molar-refractivity contribution in [1.29, 1.82) is 0 Å². The molecule has 0 saturated heterocycles. The molecule has 0 amide bonds. The number of nitrogens with one attached hydrogen (secondary N) is 1. The Bertz CT molecular complexity index is 570. The van der Waals surface area contributed by atoms with E-state index in [9.17, 15) is 0 Å². The summed E-state index contributed by atoms with van der Waals surface area (Å²) < 4.78 is 7.54. The van der Waals surface area contributed by atoms with E-state index in [2.05, 4.69) is 21.6 Å². The molecule has 2 aliphatic rings. The molecule has 1 fully saturated rings.